The van der Waals surface area contributed by atoms with Crippen molar-refractivity contribution in [2.75, 3.05) is 40.3 Å². The highest BCUT2D eigenvalue weighted by molar-refractivity contribution is 8.13. The zero-order chi connectivity index (χ0) is 16.3. The summed E-state index contributed by atoms with van der Waals surface area (Å²) in [7, 11) is 4.54. The topological polar surface area (TPSA) is 82.1 Å². The molecule has 0 saturated carbocycles. The summed E-state index contributed by atoms with van der Waals surface area (Å²) in [5, 5.41) is 8.84. The van der Waals surface area contributed by atoms with Gasteiger partial charge in [0.2, 0.25) is 9.05 Å². The molecule has 0 fully saturated rings. The highest BCUT2D eigenvalue weighted by Gasteiger charge is 2.05. The van der Waals surface area contributed by atoms with Crippen molar-refractivity contribution in [3.05, 3.63) is 23.8 Å². The van der Waals surface area contributed by atoms with Gasteiger partial charge in [0, 0.05) is 24.4 Å². The third-order valence-corrected chi connectivity index (χ3v) is 2.17. The van der Waals surface area contributed by atoms with E-state index in [4.69, 9.17) is 19.3 Å². The van der Waals surface area contributed by atoms with Gasteiger partial charge in [-0.05, 0) is 24.1 Å². The van der Waals surface area contributed by atoms with Gasteiger partial charge in [-0.1, -0.05) is 6.07 Å². The Morgan fingerprint density at radius 1 is 1.19 bits per heavy atom. The molecule has 1 aromatic carbocycles. The number of benzene rings is 1. The second-order valence-electron chi connectivity index (χ2n) is 3.98. The van der Waals surface area contributed by atoms with Gasteiger partial charge < -0.3 is 19.3 Å². The first-order chi connectivity index (χ1) is 9.81. The van der Waals surface area contributed by atoms with Crippen molar-refractivity contribution >= 4 is 19.7 Å². The van der Waals surface area contributed by atoms with E-state index in [-0.39, 0.29) is 6.61 Å². The zero-order valence-electron chi connectivity index (χ0n) is 12.3. The molecule has 0 amide bonds. The van der Waals surface area contributed by atoms with Gasteiger partial charge in [0.1, 0.15) is 6.61 Å². The minimum atomic E-state index is -3.19. The largest absolute Gasteiger partial charge is 0.493 e. The average molecular weight is 341 g/mol. The van der Waals surface area contributed by atoms with Crippen molar-refractivity contribution < 1.29 is 27.7 Å². The first kappa shape index (κ1) is 20.0. The maximum atomic E-state index is 9.40. The molecule has 6 nitrogen and oxygen atoms in total. The molecule has 0 saturated heterocycles. The Bertz CT molecular complexity index is 495. The number of ether oxygens (including phenoxy) is 3. The lowest BCUT2D eigenvalue weighted by Crippen LogP contribution is -2.05. The SMILES string of the molecule is COCCOc1ccc(CCO)cc1OC.CS(=O)(=O)Cl. The fourth-order valence-corrected chi connectivity index (χ4v) is 1.35. The fraction of sp³-hybridized carbons (Fsp3) is 0.538. The maximum Gasteiger partial charge on any atom is 0.229 e. The summed E-state index contributed by atoms with van der Waals surface area (Å²) in [6.07, 6.45) is 1.54. The average Bonchev–Trinajstić information content (AvgIpc) is 2.39. The molecular weight excluding hydrogens is 320 g/mol. The number of halogens is 1. The van der Waals surface area contributed by atoms with Gasteiger partial charge in [-0.25, -0.2) is 8.42 Å². The number of rotatable bonds is 7. The van der Waals surface area contributed by atoms with Crippen molar-refractivity contribution in [2.24, 2.45) is 0 Å². The summed E-state index contributed by atoms with van der Waals surface area (Å²) in [6.45, 7) is 1.17. The standard InChI is InChI=1S/C12H18O4.CH3ClO2S/c1-14-7-8-16-11-4-3-10(5-6-13)9-12(11)15-2;1-5(2,3)4/h3-4,9,13H,5-8H2,1-2H3;1H3. The van der Waals surface area contributed by atoms with Crippen LogP contribution in [0.5, 0.6) is 11.5 Å². The molecule has 8 heteroatoms. The van der Waals surface area contributed by atoms with Gasteiger partial charge in [-0.15, -0.1) is 0 Å². The van der Waals surface area contributed by atoms with Crippen LogP contribution in [0.25, 0.3) is 0 Å². The van der Waals surface area contributed by atoms with Gasteiger partial charge in [-0.2, -0.15) is 0 Å². The van der Waals surface area contributed by atoms with Crippen LogP contribution in [0.2, 0.25) is 0 Å². The first-order valence-electron chi connectivity index (χ1n) is 6.11. The molecule has 0 aromatic heterocycles. The minimum Gasteiger partial charge on any atom is -0.493 e. The van der Waals surface area contributed by atoms with Gasteiger partial charge >= 0.3 is 0 Å². The van der Waals surface area contributed by atoms with Crippen molar-refractivity contribution in [2.45, 2.75) is 6.42 Å². The number of aliphatic hydroxyl groups excluding tert-OH is 1. The Balaban J connectivity index is 0.000000690. The van der Waals surface area contributed by atoms with Crippen LogP contribution in [0.1, 0.15) is 5.56 Å². The van der Waals surface area contributed by atoms with Gasteiger partial charge in [0.25, 0.3) is 0 Å². The number of methoxy groups -OCH3 is 2. The predicted octanol–water partition coefficient (Wildman–Crippen LogP) is 1.44. The van der Waals surface area contributed by atoms with Gasteiger partial charge in [0.05, 0.1) is 20.0 Å². The van der Waals surface area contributed by atoms with E-state index in [1.807, 2.05) is 18.2 Å². The Labute approximate surface area is 130 Å². The third kappa shape index (κ3) is 11.3. The summed E-state index contributed by atoms with van der Waals surface area (Å²) >= 11 is 0. The lowest BCUT2D eigenvalue weighted by atomic mass is 10.1. The molecule has 0 aliphatic rings. The molecule has 1 rings (SSSR count). The highest BCUT2D eigenvalue weighted by atomic mass is 35.7. The molecule has 0 heterocycles. The van der Waals surface area contributed by atoms with Gasteiger partial charge in [0.15, 0.2) is 11.5 Å². The third-order valence-electron chi connectivity index (χ3n) is 2.17. The molecule has 0 bridgehead atoms. The van der Waals surface area contributed by atoms with E-state index >= 15 is 0 Å². The molecule has 0 atom stereocenters. The van der Waals surface area contributed by atoms with Crippen LogP contribution in [-0.4, -0.2) is 53.8 Å². The first-order valence-corrected chi connectivity index (χ1v) is 8.82. The van der Waals surface area contributed by atoms with E-state index in [2.05, 4.69) is 10.7 Å². The molecule has 0 aliphatic carbocycles. The Morgan fingerprint density at radius 2 is 1.81 bits per heavy atom. The quantitative estimate of drug-likeness (QED) is 0.597. The summed E-state index contributed by atoms with van der Waals surface area (Å²) in [5.41, 5.74) is 1.03. The van der Waals surface area contributed by atoms with E-state index in [0.29, 0.717) is 31.1 Å². The Kier molecular flexibility index (Phi) is 10.2. The van der Waals surface area contributed by atoms with E-state index in [9.17, 15) is 8.42 Å². The van der Waals surface area contributed by atoms with Crippen LogP contribution >= 0.6 is 10.7 Å². The summed E-state index contributed by atoms with van der Waals surface area (Å²) in [4.78, 5) is 0. The molecule has 21 heavy (non-hydrogen) atoms. The normalized spacial score (nSPS) is 10.5. The van der Waals surface area contributed by atoms with Gasteiger partial charge in [-0.3, -0.25) is 0 Å². The predicted molar refractivity (Wildman–Crippen MR) is 81.9 cm³/mol. The van der Waals surface area contributed by atoms with Crippen LogP contribution in [0.15, 0.2) is 18.2 Å². The molecule has 1 N–H and O–H groups in total. The lowest BCUT2D eigenvalue weighted by Gasteiger charge is -2.11. The van der Waals surface area contributed by atoms with Crippen LogP contribution in [0.3, 0.4) is 0 Å². The Hall–Kier alpha value is -1.02. The molecule has 122 valence electrons. The molecule has 0 unspecified atom stereocenters. The van der Waals surface area contributed by atoms with E-state index in [1.54, 1.807) is 14.2 Å². The number of hydrogen-bond acceptors (Lipinski definition) is 6. The van der Waals surface area contributed by atoms with E-state index < -0.39 is 9.05 Å². The highest BCUT2D eigenvalue weighted by Crippen LogP contribution is 2.28. The van der Waals surface area contributed by atoms with Crippen molar-refractivity contribution in [3.63, 3.8) is 0 Å². The van der Waals surface area contributed by atoms with Crippen molar-refractivity contribution in [1.82, 2.24) is 0 Å². The maximum absolute atomic E-state index is 9.40. The monoisotopic (exact) mass is 340 g/mol. The van der Waals surface area contributed by atoms with Crippen LogP contribution in [0, 0.1) is 0 Å². The number of hydrogen-bond donors (Lipinski definition) is 1. The molecular formula is C13H21ClO6S. The van der Waals surface area contributed by atoms with Crippen LogP contribution in [0.4, 0.5) is 0 Å². The summed E-state index contributed by atoms with van der Waals surface area (Å²) in [5.74, 6) is 1.38. The minimum absolute atomic E-state index is 0.132. The smallest absolute Gasteiger partial charge is 0.229 e. The summed E-state index contributed by atoms with van der Waals surface area (Å²) in [6, 6.07) is 5.64. The second-order valence-corrected chi connectivity index (χ2v) is 7.03. The van der Waals surface area contributed by atoms with Crippen LogP contribution in [-0.2, 0) is 20.2 Å². The van der Waals surface area contributed by atoms with Crippen molar-refractivity contribution in [1.29, 1.82) is 0 Å². The molecule has 0 aliphatic heterocycles. The Morgan fingerprint density at radius 3 is 2.29 bits per heavy atom. The number of aliphatic hydroxyl groups is 1. The summed E-state index contributed by atoms with van der Waals surface area (Å²) < 4.78 is 34.4. The molecule has 1 aromatic rings. The van der Waals surface area contributed by atoms with E-state index in [1.165, 1.54) is 0 Å². The molecule has 0 radical (unpaired) electrons. The lowest BCUT2D eigenvalue weighted by molar-refractivity contribution is 0.144. The van der Waals surface area contributed by atoms with E-state index in [0.717, 1.165) is 11.8 Å². The van der Waals surface area contributed by atoms with Crippen molar-refractivity contribution in [3.8, 4) is 11.5 Å². The second kappa shape index (κ2) is 10.7. The molecule has 0 spiro atoms. The fourth-order valence-electron chi connectivity index (χ4n) is 1.35. The van der Waals surface area contributed by atoms with Crippen LogP contribution < -0.4 is 9.47 Å². The zero-order valence-corrected chi connectivity index (χ0v) is 13.9.